The summed E-state index contributed by atoms with van der Waals surface area (Å²) in [5, 5.41) is 6.12. The van der Waals surface area contributed by atoms with Gasteiger partial charge in [0.15, 0.2) is 0 Å². The molecule has 0 heterocycles. The summed E-state index contributed by atoms with van der Waals surface area (Å²) >= 11 is 0. The van der Waals surface area contributed by atoms with Crippen molar-refractivity contribution in [1.29, 1.82) is 0 Å². The summed E-state index contributed by atoms with van der Waals surface area (Å²) in [4.78, 5) is 0. The van der Waals surface area contributed by atoms with Gasteiger partial charge in [-0.05, 0) is 40.9 Å². The van der Waals surface area contributed by atoms with Crippen LogP contribution in [-0.4, -0.2) is 7.05 Å². The Bertz CT molecular complexity index is 740. The molecule has 3 aromatic rings. The number of hydrogen-bond donors (Lipinski definition) is 1. The average Bonchev–Trinajstić information content (AvgIpc) is 2.56. The molecule has 0 aliphatic heterocycles. The molecule has 0 fully saturated rings. The third-order valence-corrected chi connectivity index (χ3v) is 4.17. The van der Waals surface area contributed by atoms with Gasteiger partial charge in [0.25, 0.3) is 0 Å². The lowest BCUT2D eigenvalue weighted by molar-refractivity contribution is 0.689. The molecule has 0 amide bonds. The highest BCUT2D eigenvalue weighted by Gasteiger charge is 2.16. The van der Waals surface area contributed by atoms with Crippen molar-refractivity contribution >= 4 is 10.8 Å². The van der Waals surface area contributed by atoms with Gasteiger partial charge in [-0.15, -0.1) is 0 Å². The largest absolute Gasteiger partial charge is 0.309 e. The van der Waals surface area contributed by atoms with Gasteiger partial charge >= 0.3 is 0 Å². The molecular weight excluding hydrogens is 254 g/mol. The maximum Gasteiger partial charge on any atom is 0.0583 e. The Balaban J connectivity index is 2.19. The fourth-order valence-electron chi connectivity index (χ4n) is 3.12. The molecule has 0 aliphatic rings. The maximum absolute atomic E-state index is 3.50. The third kappa shape index (κ3) is 2.57. The van der Waals surface area contributed by atoms with Crippen molar-refractivity contribution < 1.29 is 0 Å². The van der Waals surface area contributed by atoms with E-state index in [1.165, 1.54) is 27.5 Å². The zero-order valence-corrected chi connectivity index (χ0v) is 12.6. The van der Waals surface area contributed by atoms with E-state index in [1.54, 1.807) is 0 Å². The Kier molecular flexibility index (Phi) is 4.03. The molecule has 0 saturated heterocycles. The van der Waals surface area contributed by atoms with Crippen LogP contribution in [0.2, 0.25) is 0 Å². The molecule has 1 unspecified atom stereocenters. The second-order valence-corrected chi connectivity index (χ2v) is 5.34. The molecule has 21 heavy (non-hydrogen) atoms. The molecule has 0 spiro atoms. The summed E-state index contributed by atoms with van der Waals surface area (Å²) in [5.74, 6) is 0. The van der Waals surface area contributed by atoms with Crippen LogP contribution in [0.15, 0.2) is 66.7 Å². The summed E-state index contributed by atoms with van der Waals surface area (Å²) in [6, 6.07) is 24.1. The Labute approximate surface area is 126 Å². The normalized spacial score (nSPS) is 12.5. The lowest BCUT2D eigenvalue weighted by atomic mass is 9.90. The van der Waals surface area contributed by atoms with Crippen LogP contribution in [0.4, 0.5) is 0 Å². The first kappa shape index (κ1) is 13.8. The molecule has 0 saturated carbocycles. The Morgan fingerprint density at radius 1 is 0.810 bits per heavy atom. The van der Waals surface area contributed by atoms with Crippen LogP contribution in [0.5, 0.6) is 0 Å². The fraction of sp³-hybridized carbons (Fsp3) is 0.200. The quantitative estimate of drug-likeness (QED) is 0.727. The number of rotatable bonds is 4. The van der Waals surface area contributed by atoms with Crippen LogP contribution in [0.25, 0.3) is 10.8 Å². The van der Waals surface area contributed by atoms with Crippen molar-refractivity contribution in [2.24, 2.45) is 0 Å². The summed E-state index contributed by atoms with van der Waals surface area (Å²) in [6.45, 7) is 2.22. The van der Waals surface area contributed by atoms with E-state index in [2.05, 4.69) is 79.0 Å². The predicted octanol–water partition coefficient (Wildman–Crippen LogP) is 4.71. The first-order chi connectivity index (χ1) is 10.3. The molecular formula is C20H21N. The van der Waals surface area contributed by atoms with Crippen LogP contribution in [0.3, 0.4) is 0 Å². The topological polar surface area (TPSA) is 12.0 Å². The van der Waals surface area contributed by atoms with Crippen LogP contribution >= 0.6 is 0 Å². The van der Waals surface area contributed by atoms with E-state index in [-0.39, 0.29) is 6.04 Å². The molecule has 1 N–H and O–H groups in total. The van der Waals surface area contributed by atoms with Crippen LogP contribution < -0.4 is 5.32 Å². The standard InChI is InChI=1S/C20H21N/c1-3-15-9-4-7-13-18(15)20(21-2)19-14-8-11-16-10-5-6-12-17(16)19/h4-14,20-21H,3H2,1-2H3. The van der Waals surface area contributed by atoms with Gasteiger partial charge in [-0.2, -0.15) is 0 Å². The highest BCUT2D eigenvalue weighted by atomic mass is 14.9. The van der Waals surface area contributed by atoms with Crippen LogP contribution in [0, 0.1) is 0 Å². The van der Waals surface area contributed by atoms with Crippen molar-refractivity contribution in [2.45, 2.75) is 19.4 Å². The zero-order valence-electron chi connectivity index (χ0n) is 12.6. The molecule has 0 radical (unpaired) electrons. The minimum absolute atomic E-state index is 0.229. The molecule has 3 aromatic carbocycles. The van der Waals surface area contributed by atoms with Gasteiger partial charge in [-0.1, -0.05) is 73.7 Å². The van der Waals surface area contributed by atoms with E-state index in [0.29, 0.717) is 0 Å². The molecule has 106 valence electrons. The van der Waals surface area contributed by atoms with Gasteiger partial charge in [0.05, 0.1) is 6.04 Å². The number of fused-ring (bicyclic) bond motifs is 1. The first-order valence-corrected chi connectivity index (χ1v) is 7.58. The van der Waals surface area contributed by atoms with E-state index < -0.39 is 0 Å². The van der Waals surface area contributed by atoms with Crippen molar-refractivity contribution in [3.8, 4) is 0 Å². The molecule has 0 aromatic heterocycles. The van der Waals surface area contributed by atoms with Gasteiger partial charge in [0.2, 0.25) is 0 Å². The Morgan fingerprint density at radius 2 is 1.48 bits per heavy atom. The zero-order chi connectivity index (χ0) is 14.7. The van der Waals surface area contributed by atoms with E-state index in [9.17, 15) is 0 Å². The minimum atomic E-state index is 0.229. The van der Waals surface area contributed by atoms with Crippen molar-refractivity contribution in [3.05, 3.63) is 83.4 Å². The van der Waals surface area contributed by atoms with Crippen molar-refractivity contribution in [1.82, 2.24) is 5.32 Å². The summed E-state index contributed by atoms with van der Waals surface area (Å²) < 4.78 is 0. The molecule has 0 bridgehead atoms. The highest BCUT2D eigenvalue weighted by Crippen LogP contribution is 2.30. The fourth-order valence-corrected chi connectivity index (χ4v) is 3.12. The van der Waals surface area contributed by atoms with E-state index in [1.807, 2.05) is 7.05 Å². The minimum Gasteiger partial charge on any atom is -0.309 e. The second-order valence-electron chi connectivity index (χ2n) is 5.34. The number of aryl methyl sites for hydroxylation is 1. The summed E-state index contributed by atoms with van der Waals surface area (Å²) in [5.41, 5.74) is 4.13. The number of nitrogens with one attached hydrogen (secondary N) is 1. The number of benzene rings is 3. The van der Waals surface area contributed by atoms with Gasteiger partial charge in [0, 0.05) is 0 Å². The van der Waals surface area contributed by atoms with Crippen molar-refractivity contribution in [2.75, 3.05) is 7.05 Å². The van der Waals surface area contributed by atoms with Crippen LogP contribution in [0.1, 0.15) is 29.7 Å². The second kappa shape index (κ2) is 6.11. The van der Waals surface area contributed by atoms with Crippen molar-refractivity contribution in [3.63, 3.8) is 0 Å². The smallest absolute Gasteiger partial charge is 0.0583 e. The van der Waals surface area contributed by atoms with Crippen LogP contribution in [-0.2, 0) is 6.42 Å². The summed E-state index contributed by atoms with van der Waals surface area (Å²) in [6.07, 6.45) is 1.05. The monoisotopic (exact) mass is 275 g/mol. The first-order valence-electron chi connectivity index (χ1n) is 7.58. The molecule has 1 heteroatoms. The number of hydrogen-bond acceptors (Lipinski definition) is 1. The van der Waals surface area contributed by atoms with Gasteiger partial charge in [-0.3, -0.25) is 0 Å². The van der Waals surface area contributed by atoms with E-state index in [4.69, 9.17) is 0 Å². The molecule has 0 aliphatic carbocycles. The highest BCUT2D eigenvalue weighted by molar-refractivity contribution is 5.86. The van der Waals surface area contributed by atoms with E-state index >= 15 is 0 Å². The lowest BCUT2D eigenvalue weighted by Gasteiger charge is -2.22. The van der Waals surface area contributed by atoms with Gasteiger partial charge < -0.3 is 5.32 Å². The third-order valence-electron chi connectivity index (χ3n) is 4.17. The molecule has 1 atom stereocenters. The molecule has 1 nitrogen and oxygen atoms in total. The van der Waals surface area contributed by atoms with Gasteiger partial charge in [0.1, 0.15) is 0 Å². The summed E-state index contributed by atoms with van der Waals surface area (Å²) in [7, 11) is 2.04. The lowest BCUT2D eigenvalue weighted by Crippen LogP contribution is -2.19. The van der Waals surface area contributed by atoms with E-state index in [0.717, 1.165) is 6.42 Å². The van der Waals surface area contributed by atoms with Gasteiger partial charge in [-0.25, -0.2) is 0 Å². The SMILES string of the molecule is CCc1ccccc1C(NC)c1cccc2ccccc12. The Hall–Kier alpha value is -2.12. The predicted molar refractivity (Wildman–Crippen MR) is 90.7 cm³/mol. The maximum atomic E-state index is 3.50. The average molecular weight is 275 g/mol. The molecule has 3 rings (SSSR count). The Morgan fingerprint density at radius 3 is 2.29 bits per heavy atom.